The summed E-state index contributed by atoms with van der Waals surface area (Å²) in [5.41, 5.74) is 6.00. The Morgan fingerprint density at radius 1 is 1.37 bits per heavy atom. The molecule has 0 saturated carbocycles. The highest BCUT2D eigenvalue weighted by Gasteiger charge is 2.32. The van der Waals surface area contributed by atoms with Gasteiger partial charge in [-0.3, -0.25) is 4.79 Å². The maximum Gasteiger partial charge on any atom is 0.573 e. The van der Waals surface area contributed by atoms with E-state index >= 15 is 0 Å². The molecule has 1 heterocycles. The Labute approximate surface area is 107 Å². The molecule has 0 spiro atoms. The van der Waals surface area contributed by atoms with Crippen LogP contribution in [0.1, 0.15) is 24.3 Å². The molecule has 1 saturated heterocycles. The van der Waals surface area contributed by atoms with E-state index < -0.39 is 12.1 Å². The Hall–Kier alpha value is -1.92. The van der Waals surface area contributed by atoms with E-state index in [0.717, 1.165) is 0 Å². The van der Waals surface area contributed by atoms with E-state index in [1.165, 1.54) is 12.1 Å². The number of amides is 1. The Bertz CT molecular complexity index is 488. The third-order valence-electron chi connectivity index (χ3n) is 2.98. The molecule has 0 bridgehead atoms. The van der Waals surface area contributed by atoms with Crippen LogP contribution in [-0.4, -0.2) is 18.8 Å². The summed E-state index contributed by atoms with van der Waals surface area (Å²) in [6.07, 6.45) is -3.84. The van der Waals surface area contributed by atoms with Gasteiger partial charge in [0.1, 0.15) is 0 Å². The first-order valence-corrected chi connectivity index (χ1v) is 5.77. The highest BCUT2D eigenvalue weighted by molar-refractivity contribution is 5.77. The first-order chi connectivity index (χ1) is 8.85. The molecule has 1 aromatic carbocycles. The molecule has 0 aromatic heterocycles. The number of hydrogen-bond donors (Lipinski definition) is 2. The van der Waals surface area contributed by atoms with Gasteiger partial charge >= 0.3 is 6.36 Å². The fraction of sp³-hybridized carbons (Fsp3) is 0.417. The summed E-state index contributed by atoms with van der Waals surface area (Å²) in [6.45, 7) is 0.517. The molecule has 0 unspecified atom stereocenters. The van der Waals surface area contributed by atoms with Crippen LogP contribution in [0.5, 0.6) is 5.75 Å². The number of halogens is 3. The van der Waals surface area contributed by atoms with E-state index in [1.807, 2.05) is 0 Å². The van der Waals surface area contributed by atoms with Crippen LogP contribution in [0.3, 0.4) is 0 Å². The van der Waals surface area contributed by atoms with Crippen LogP contribution in [0.15, 0.2) is 18.2 Å². The van der Waals surface area contributed by atoms with Crippen molar-refractivity contribution in [1.29, 1.82) is 0 Å². The first-order valence-electron chi connectivity index (χ1n) is 5.77. The highest BCUT2D eigenvalue weighted by Crippen LogP contribution is 2.34. The van der Waals surface area contributed by atoms with Crippen LogP contribution in [0, 0.1) is 0 Å². The summed E-state index contributed by atoms with van der Waals surface area (Å²) in [5, 5.41) is 2.67. The summed E-state index contributed by atoms with van der Waals surface area (Å²) in [7, 11) is 0. The second kappa shape index (κ2) is 4.99. The number of alkyl halides is 3. The van der Waals surface area contributed by atoms with E-state index in [2.05, 4.69) is 10.1 Å². The van der Waals surface area contributed by atoms with Gasteiger partial charge in [0.2, 0.25) is 5.91 Å². The molecule has 1 atom stereocenters. The molecular weight excluding hydrogens is 261 g/mol. The average molecular weight is 274 g/mol. The summed E-state index contributed by atoms with van der Waals surface area (Å²) in [6, 6.07) is 4.25. The number of nitrogens with one attached hydrogen (secondary N) is 1. The molecule has 1 fully saturated rings. The van der Waals surface area contributed by atoms with Gasteiger partial charge in [0.25, 0.3) is 0 Å². The lowest BCUT2D eigenvalue weighted by Crippen LogP contribution is -2.32. The molecule has 1 aliphatic heterocycles. The molecule has 104 valence electrons. The van der Waals surface area contributed by atoms with E-state index in [1.54, 1.807) is 6.07 Å². The maximum absolute atomic E-state index is 12.2. The van der Waals surface area contributed by atoms with E-state index in [9.17, 15) is 18.0 Å². The number of ether oxygens (including phenoxy) is 1. The van der Waals surface area contributed by atoms with E-state index in [4.69, 9.17) is 5.73 Å². The number of nitrogens with two attached hydrogens (primary N) is 1. The zero-order chi connectivity index (χ0) is 14.0. The maximum atomic E-state index is 12.2. The zero-order valence-corrected chi connectivity index (χ0v) is 9.96. The lowest BCUT2D eigenvalue weighted by Gasteiger charge is -2.23. The summed E-state index contributed by atoms with van der Waals surface area (Å²) in [4.78, 5) is 11.3. The molecule has 4 nitrogen and oxygen atoms in total. The van der Waals surface area contributed by atoms with Gasteiger partial charge < -0.3 is 15.8 Å². The molecule has 1 aliphatic rings. The predicted octanol–water partition coefficient (Wildman–Crippen LogP) is 2.16. The van der Waals surface area contributed by atoms with Crippen molar-refractivity contribution in [2.24, 2.45) is 0 Å². The lowest BCUT2D eigenvalue weighted by atomic mass is 9.89. The average Bonchev–Trinajstić information content (AvgIpc) is 2.30. The van der Waals surface area contributed by atoms with Crippen molar-refractivity contribution in [1.82, 2.24) is 5.32 Å². The molecule has 19 heavy (non-hydrogen) atoms. The van der Waals surface area contributed by atoms with Crippen molar-refractivity contribution in [3.8, 4) is 5.75 Å². The summed E-state index contributed by atoms with van der Waals surface area (Å²) in [5.74, 6) is -0.632. The number of rotatable bonds is 2. The van der Waals surface area contributed by atoms with Crippen molar-refractivity contribution >= 4 is 11.6 Å². The van der Waals surface area contributed by atoms with Crippen LogP contribution < -0.4 is 15.8 Å². The van der Waals surface area contributed by atoms with Crippen LogP contribution in [0.4, 0.5) is 18.9 Å². The molecule has 2 rings (SSSR count). The zero-order valence-electron chi connectivity index (χ0n) is 9.96. The predicted molar refractivity (Wildman–Crippen MR) is 62.5 cm³/mol. The quantitative estimate of drug-likeness (QED) is 0.812. The second-order valence-corrected chi connectivity index (χ2v) is 4.38. The lowest BCUT2D eigenvalue weighted by molar-refractivity contribution is -0.274. The number of carbonyl (C=O) groups excluding carboxylic acids is 1. The number of carbonyl (C=O) groups is 1. The Kier molecular flexibility index (Phi) is 3.55. The third kappa shape index (κ3) is 3.52. The van der Waals surface area contributed by atoms with Gasteiger partial charge in [-0.25, -0.2) is 0 Å². The van der Waals surface area contributed by atoms with Crippen LogP contribution >= 0.6 is 0 Å². The molecule has 0 radical (unpaired) electrons. The Morgan fingerprint density at radius 2 is 2.11 bits per heavy atom. The van der Waals surface area contributed by atoms with Crippen molar-refractivity contribution in [3.63, 3.8) is 0 Å². The fourth-order valence-corrected chi connectivity index (χ4v) is 2.09. The van der Waals surface area contributed by atoms with Gasteiger partial charge in [0.05, 0.1) is 5.69 Å². The number of piperidine rings is 1. The monoisotopic (exact) mass is 274 g/mol. The fourth-order valence-electron chi connectivity index (χ4n) is 2.09. The van der Waals surface area contributed by atoms with Crippen molar-refractivity contribution in [3.05, 3.63) is 23.8 Å². The molecule has 1 aromatic rings. The minimum absolute atomic E-state index is 0.0821. The van der Waals surface area contributed by atoms with Gasteiger partial charge in [-0.2, -0.15) is 0 Å². The van der Waals surface area contributed by atoms with Gasteiger partial charge in [-0.15, -0.1) is 13.2 Å². The van der Waals surface area contributed by atoms with Crippen LogP contribution in [0.2, 0.25) is 0 Å². The largest absolute Gasteiger partial charge is 0.573 e. The summed E-state index contributed by atoms with van der Waals surface area (Å²) < 4.78 is 40.5. The molecular formula is C12H13F3N2O2. The number of nitrogen functional groups attached to an aromatic ring is 1. The molecule has 1 amide bonds. The normalized spacial score (nSPS) is 19.9. The van der Waals surface area contributed by atoms with Gasteiger partial charge in [0, 0.05) is 13.0 Å². The molecule has 0 aliphatic carbocycles. The number of anilines is 1. The van der Waals surface area contributed by atoms with Gasteiger partial charge in [-0.1, -0.05) is 6.07 Å². The topological polar surface area (TPSA) is 64.3 Å². The SMILES string of the molecule is Nc1ccc([C@@H]2CCNC(=O)C2)cc1OC(F)(F)F. The molecule has 7 heteroatoms. The minimum atomic E-state index is -4.78. The van der Waals surface area contributed by atoms with Crippen molar-refractivity contribution < 1.29 is 22.7 Å². The number of benzene rings is 1. The number of hydrogen-bond acceptors (Lipinski definition) is 3. The van der Waals surface area contributed by atoms with Crippen molar-refractivity contribution in [2.45, 2.75) is 25.1 Å². The Morgan fingerprint density at radius 3 is 2.74 bits per heavy atom. The van der Waals surface area contributed by atoms with Crippen molar-refractivity contribution in [2.75, 3.05) is 12.3 Å². The second-order valence-electron chi connectivity index (χ2n) is 4.38. The Balaban J connectivity index is 2.22. The third-order valence-corrected chi connectivity index (χ3v) is 2.98. The van der Waals surface area contributed by atoms with Gasteiger partial charge in [-0.05, 0) is 30.0 Å². The molecule has 3 N–H and O–H groups in total. The van der Waals surface area contributed by atoms with E-state index in [0.29, 0.717) is 18.5 Å². The standard InChI is InChI=1S/C12H13F3N2O2/c13-12(14,15)19-10-5-7(1-2-9(10)16)8-3-4-17-11(18)6-8/h1-2,5,8H,3-4,6,16H2,(H,17,18)/t8-/m1/s1. The van der Waals surface area contributed by atoms with Crippen LogP contribution in [0.25, 0.3) is 0 Å². The minimum Gasteiger partial charge on any atom is -0.404 e. The highest BCUT2D eigenvalue weighted by atomic mass is 19.4. The first kappa shape index (κ1) is 13.5. The van der Waals surface area contributed by atoms with Crippen LogP contribution in [-0.2, 0) is 4.79 Å². The van der Waals surface area contributed by atoms with E-state index in [-0.39, 0.29) is 23.9 Å². The smallest absolute Gasteiger partial charge is 0.404 e. The summed E-state index contributed by atoms with van der Waals surface area (Å²) >= 11 is 0. The van der Waals surface area contributed by atoms with Gasteiger partial charge in [0.15, 0.2) is 5.75 Å².